The topological polar surface area (TPSA) is 51.5 Å². The highest BCUT2D eigenvalue weighted by Crippen LogP contribution is 2.28. The zero-order chi connectivity index (χ0) is 14.7. The molecule has 2 aromatic rings. The third kappa shape index (κ3) is 3.16. The van der Waals surface area contributed by atoms with Crippen LogP contribution >= 0.6 is 0 Å². The molecule has 0 bridgehead atoms. The maximum atomic E-state index is 12.2. The lowest BCUT2D eigenvalue weighted by Gasteiger charge is -2.32. The Kier molecular flexibility index (Phi) is 4.06. The SMILES string of the molecule is Cc1ccc([C@@H]2OCCC[C@H]2NC(=O)c2ccoc2)cc1. The van der Waals surface area contributed by atoms with Crippen LogP contribution in [0.15, 0.2) is 47.3 Å². The van der Waals surface area contributed by atoms with Gasteiger partial charge in [0.25, 0.3) is 5.91 Å². The summed E-state index contributed by atoms with van der Waals surface area (Å²) >= 11 is 0. The Morgan fingerprint density at radius 2 is 2.05 bits per heavy atom. The van der Waals surface area contributed by atoms with Crippen LogP contribution in [0.4, 0.5) is 0 Å². The lowest BCUT2D eigenvalue weighted by atomic mass is 9.95. The highest BCUT2D eigenvalue weighted by molar-refractivity contribution is 5.94. The van der Waals surface area contributed by atoms with Crippen LogP contribution in [0, 0.1) is 6.92 Å². The fourth-order valence-corrected chi connectivity index (χ4v) is 2.66. The molecule has 2 atom stereocenters. The fourth-order valence-electron chi connectivity index (χ4n) is 2.66. The maximum absolute atomic E-state index is 12.2. The molecule has 0 radical (unpaired) electrons. The van der Waals surface area contributed by atoms with Gasteiger partial charge in [-0.15, -0.1) is 0 Å². The molecule has 1 aliphatic rings. The number of rotatable bonds is 3. The van der Waals surface area contributed by atoms with Gasteiger partial charge in [-0.1, -0.05) is 29.8 Å². The van der Waals surface area contributed by atoms with Crippen LogP contribution in [-0.4, -0.2) is 18.6 Å². The van der Waals surface area contributed by atoms with E-state index in [1.807, 2.05) is 0 Å². The van der Waals surface area contributed by atoms with Crippen molar-refractivity contribution in [3.63, 3.8) is 0 Å². The molecular formula is C17H19NO3. The van der Waals surface area contributed by atoms with E-state index in [2.05, 4.69) is 36.5 Å². The predicted octanol–water partition coefficient (Wildman–Crippen LogP) is 3.24. The van der Waals surface area contributed by atoms with Gasteiger partial charge >= 0.3 is 0 Å². The summed E-state index contributed by atoms with van der Waals surface area (Å²) in [5, 5.41) is 3.06. The third-order valence-corrected chi connectivity index (χ3v) is 3.83. The molecular weight excluding hydrogens is 266 g/mol. The Bertz CT molecular complexity index is 589. The number of benzene rings is 1. The summed E-state index contributed by atoms with van der Waals surface area (Å²) in [5.74, 6) is -0.114. The first-order chi connectivity index (χ1) is 10.2. The van der Waals surface area contributed by atoms with E-state index in [1.165, 1.54) is 18.1 Å². The summed E-state index contributed by atoms with van der Waals surface area (Å²) in [6.45, 7) is 2.79. The van der Waals surface area contributed by atoms with Gasteiger partial charge < -0.3 is 14.5 Å². The molecule has 4 heteroatoms. The molecule has 1 saturated heterocycles. The zero-order valence-electron chi connectivity index (χ0n) is 12.0. The minimum absolute atomic E-state index is 0.0103. The summed E-state index contributed by atoms with van der Waals surface area (Å²) in [6.07, 6.45) is 4.75. The molecule has 0 spiro atoms. The largest absolute Gasteiger partial charge is 0.472 e. The molecule has 1 fully saturated rings. The normalized spacial score (nSPS) is 22.0. The summed E-state index contributed by atoms with van der Waals surface area (Å²) in [5.41, 5.74) is 2.87. The number of furan rings is 1. The van der Waals surface area contributed by atoms with Crippen molar-refractivity contribution in [3.8, 4) is 0 Å². The predicted molar refractivity (Wildman–Crippen MR) is 79.1 cm³/mol. The van der Waals surface area contributed by atoms with E-state index in [9.17, 15) is 4.79 Å². The van der Waals surface area contributed by atoms with E-state index in [0.717, 1.165) is 25.0 Å². The molecule has 1 N–H and O–H groups in total. The van der Waals surface area contributed by atoms with Crippen LogP contribution in [-0.2, 0) is 4.74 Å². The van der Waals surface area contributed by atoms with Crippen molar-refractivity contribution in [2.24, 2.45) is 0 Å². The summed E-state index contributed by atoms with van der Waals surface area (Å²) in [7, 11) is 0. The standard InChI is InChI=1S/C17H19NO3/c1-12-4-6-13(7-5-12)16-15(3-2-9-21-16)18-17(19)14-8-10-20-11-14/h4-8,10-11,15-16H,2-3,9H2,1H3,(H,18,19)/t15-,16+/m1/s1. The van der Waals surface area contributed by atoms with Crippen LogP contribution in [0.1, 0.15) is 40.4 Å². The number of hydrogen-bond donors (Lipinski definition) is 1. The van der Waals surface area contributed by atoms with Crippen molar-refractivity contribution in [2.45, 2.75) is 31.9 Å². The average molecular weight is 285 g/mol. The molecule has 1 amide bonds. The lowest BCUT2D eigenvalue weighted by Crippen LogP contribution is -2.42. The van der Waals surface area contributed by atoms with Crippen LogP contribution in [0.2, 0.25) is 0 Å². The number of ether oxygens (including phenoxy) is 1. The van der Waals surface area contributed by atoms with E-state index in [4.69, 9.17) is 9.15 Å². The van der Waals surface area contributed by atoms with Gasteiger partial charge in [-0.25, -0.2) is 0 Å². The van der Waals surface area contributed by atoms with Crippen LogP contribution < -0.4 is 5.32 Å². The van der Waals surface area contributed by atoms with E-state index in [-0.39, 0.29) is 18.1 Å². The third-order valence-electron chi connectivity index (χ3n) is 3.83. The fraction of sp³-hybridized carbons (Fsp3) is 0.353. The van der Waals surface area contributed by atoms with Crippen molar-refractivity contribution >= 4 is 5.91 Å². The zero-order valence-corrected chi connectivity index (χ0v) is 12.0. The van der Waals surface area contributed by atoms with E-state index in [0.29, 0.717) is 5.56 Å². The van der Waals surface area contributed by atoms with Gasteiger partial charge in [-0.05, 0) is 31.4 Å². The van der Waals surface area contributed by atoms with E-state index < -0.39 is 0 Å². The van der Waals surface area contributed by atoms with Gasteiger partial charge in [0.2, 0.25) is 0 Å². The monoisotopic (exact) mass is 285 g/mol. The summed E-state index contributed by atoms with van der Waals surface area (Å²) in [6, 6.07) is 9.94. The van der Waals surface area contributed by atoms with Gasteiger partial charge in [0, 0.05) is 6.61 Å². The van der Waals surface area contributed by atoms with E-state index in [1.54, 1.807) is 6.07 Å². The van der Waals surface area contributed by atoms with E-state index >= 15 is 0 Å². The Hall–Kier alpha value is -2.07. The minimum atomic E-state index is -0.114. The van der Waals surface area contributed by atoms with Crippen molar-refractivity contribution in [2.75, 3.05) is 6.61 Å². The van der Waals surface area contributed by atoms with Gasteiger partial charge in [-0.2, -0.15) is 0 Å². The van der Waals surface area contributed by atoms with Crippen molar-refractivity contribution in [1.29, 1.82) is 0 Å². The Morgan fingerprint density at radius 3 is 2.76 bits per heavy atom. The summed E-state index contributed by atoms with van der Waals surface area (Å²) < 4.78 is 10.9. The molecule has 0 unspecified atom stereocenters. The first-order valence-corrected chi connectivity index (χ1v) is 7.25. The van der Waals surface area contributed by atoms with Gasteiger partial charge in [0.1, 0.15) is 12.4 Å². The quantitative estimate of drug-likeness (QED) is 0.942. The molecule has 0 aliphatic carbocycles. The molecule has 1 aromatic heterocycles. The Labute approximate surface area is 124 Å². The molecule has 110 valence electrons. The van der Waals surface area contributed by atoms with Gasteiger partial charge in [-0.3, -0.25) is 4.79 Å². The highest BCUT2D eigenvalue weighted by Gasteiger charge is 2.29. The van der Waals surface area contributed by atoms with Crippen molar-refractivity contribution in [3.05, 3.63) is 59.5 Å². The first kappa shape index (κ1) is 13.9. The molecule has 0 saturated carbocycles. The Morgan fingerprint density at radius 1 is 1.24 bits per heavy atom. The number of carbonyl (C=O) groups is 1. The van der Waals surface area contributed by atoms with Crippen molar-refractivity contribution < 1.29 is 13.9 Å². The van der Waals surface area contributed by atoms with Gasteiger partial charge in [0.05, 0.1) is 17.9 Å². The average Bonchev–Trinajstić information content (AvgIpc) is 3.03. The van der Waals surface area contributed by atoms with Crippen LogP contribution in [0.3, 0.4) is 0 Å². The van der Waals surface area contributed by atoms with Crippen LogP contribution in [0.5, 0.6) is 0 Å². The highest BCUT2D eigenvalue weighted by atomic mass is 16.5. The number of hydrogen-bond acceptors (Lipinski definition) is 3. The molecule has 4 nitrogen and oxygen atoms in total. The first-order valence-electron chi connectivity index (χ1n) is 7.25. The lowest BCUT2D eigenvalue weighted by molar-refractivity contribution is -0.00947. The molecule has 21 heavy (non-hydrogen) atoms. The Balaban J connectivity index is 1.75. The molecule has 1 aromatic carbocycles. The second-order valence-electron chi connectivity index (χ2n) is 5.44. The molecule has 1 aliphatic heterocycles. The number of carbonyl (C=O) groups excluding carboxylic acids is 1. The number of aryl methyl sites for hydroxylation is 1. The minimum Gasteiger partial charge on any atom is -0.472 e. The molecule has 2 heterocycles. The second kappa shape index (κ2) is 6.14. The number of amides is 1. The smallest absolute Gasteiger partial charge is 0.254 e. The van der Waals surface area contributed by atoms with Crippen LogP contribution in [0.25, 0.3) is 0 Å². The van der Waals surface area contributed by atoms with Gasteiger partial charge in [0.15, 0.2) is 0 Å². The molecule has 3 rings (SSSR count). The van der Waals surface area contributed by atoms with Crippen molar-refractivity contribution in [1.82, 2.24) is 5.32 Å². The maximum Gasteiger partial charge on any atom is 0.254 e. The number of nitrogens with one attached hydrogen (secondary N) is 1. The second-order valence-corrected chi connectivity index (χ2v) is 5.44. The summed E-state index contributed by atoms with van der Waals surface area (Å²) in [4.78, 5) is 12.2.